The van der Waals surface area contributed by atoms with Gasteiger partial charge in [0.25, 0.3) is 5.91 Å². The Bertz CT molecular complexity index is 693. The van der Waals surface area contributed by atoms with Crippen molar-refractivity contribution in [1.29, 1.82) is 0 Å². The summed E-state index contributed by atoms with van der Waals surface area (Å²) in [6, 6.07) is 1.64. The van der Waals surface area contributed by atoms with Crippen molar-refractivity contribution in [3.63, 3.8) is 0 Å². The molecule has 0 saturated carbocycles. The van der Waals surface area contributed by atoms with Gasteiger partial charge >= 0.3 is 0 Å². The van der Waals surface area contributed by atoms with Crippen molar-refractivity contribution in [1.82, 2.24) is 14.8 Å². The first-order valence-electron chi connectivity index (χ1n) is 7.08. The van der Waals surface area contributed by atoms with Crippen molar-refractivity contribution >= 4 is 11.6 Å². The molecule has 0 aliphatic heterocycles. The Labute approximate surface area is 129 Å². The first-order valence-corrected chi connectivity index (χ1v) is 7.08. The predicted molar refractivity (Wildman–Crippen MR) is 84.0 cm³/mol. The number of hydrogen-bond acceptors (Lipinski definition) is 5. The third kappa shape index (κ3) is 3.03. The molecule has 22 heavy (non-hydrogen) atoms. The van der Waals surface area contributed by atoms with Gasteiger partial charge in [-0.15, -0.1) is 0 Å². The molecular weight excluding hydrogens is 282 g/mol. The van der Waals surface area contributed by atoms with Crippen molar-refractivity contribution in [2.24, 2.45) is 5.73 Å². The van der Waals surface area contributed by atoms with Gasteiger partial charge in [0.1, 0.15) is 5.56 Å². The molecule has 2 heterocycles. The third-order valence-corrected chi connectivity index (χ3v) is 3.61. The highest BCUT2D eigenvalue weighted by Crippen LogP contribution is 2.20. The molecule has 0 spiro atoms. The van der Waals surface area contributed by atoms with Crippen molar-refractivity contribution in [3.8, 4) is 5.88 Å². The fourth-order valence-corrected chi connectivity index (χ4v) is 2.38. The molecule has 0 bridgehead atoms. The van der Waals surface area contributed by atoms with E-state index in [9.17, 15) is 4.79 Å². The molecule has 0 aromatic carbocycles. The Morgan fingerprint density at radius 1 is 1.45 bits per heavy atom. The number of hydrogen-bond donors (Lipinski definition) is 2. The second kappa shape index (κ2) is 6.46. The summed E-state index contributed by atoms with van der Waals surface area (Å²) in [7, 11) is 1.45. The van der Waals surface area contributed by atoms with Gasteiger partial charge in [0, 0.05) is 24.3 Å². The first kappa shape index (κ1) is 15.8. The van der Waals surface area contributed by atoms with E-state index >= 15 is 0 Å². The number of nitrogens with one attached hydrogen (secondary N) is 1. The molecule has 1 amide bonds. The number of methoxy groups -OCH3 is 1. The zero-order valence-corrected chi connectivity index (χ0v) is 13.3. The smallest absolute Gasteiger partial charge is 0.254 e. The lowest BCUT2D eigenvalue weighted by Gasteiger charge is -2.10. The van der Waals surface area contributed by atoms with Crippen LogP contribution in [0.4, 0.5) is 5.69 Å². The Balaban J connectivity index is 2.20. The van der Waals surface area contributed by atoms with Crippen LogP contribution in [0.3, 0.4) is 0 Å². The second-order valence-corrected chi connectivity index (χ2v) is 4.96. The van der Waals surface area contributed by atoms with Gasteiger partial charge in [-0.2, -0.15) is 5.10 Å². The van der Waals surface area contributed by atoms with Crippen LogP contribution in [0.25, 0.3) is 0 Å². The van der Waals surface area contributed by atoms with Crippen LogP contribution in [-0.4, -0.2) is 27.8 Å². The van der Waals surface area contributed by atoms with E-state index in [1.165, 1.54) is 7.11 Å². The van der Waals surface area contributed by atoms with Crippen LogP contribution in [0.2, 0.25) is 0 Å². The molecule has 3 N–H and O–H groups in total. The molecule has 2 aromatic rings. The van der Waals surface area contributed by atoms with Gasteiger partial charge in [-0.25, -0.2) is 4.98 Å². The lowest BCUT2D eigenvalue weighted by molar-refractivity contribution is 0.0996. The Morgan fingerprint density at radius 2 is 2.18 bits per heavy atom. The number of anilines is 1. The van der Waals surface area contributed by atoms with E-state index in [1.807, 2.05) is 18.5 Å². The summed E-state index contributed by atoms with van der Waals surface area (Å²) >= 11 is 0. The van der Waals surface area contributed by atoms with Crippen LogP contribution >= 0.6 is 0 Å². The zero-order valence-electron chi connectivity index (χ0n) is 13.3. The number of carbonyl (C=O) groups is 1. The number of carbonyl (C=O) groups excluding carboxylic acids is 1. The minimum atomic E-state index is -0.570. The van der Waals surface area contributed by atoms with Crippen molar-refractivity contribution < 1.29 is 9.53 Å². The molecule has 0 radical (unpaired) electrons. The minimum absolute atomic E-state index is 0.226. The number of aromatic nitrogens is 3. The van der Waals surface area contributed by atoms with Crippen molar-refractivity contribution in [3.05, 3.63) is 34.8 Å². The zero-order chi connectivity index (χ0) is 16.3. The van der Waals surface area contributed by atoms with Crippen molar-refractivity contribution in [2.45, 2.75) is 33.9 Å². The highest BCUT2D eigenvalue weighted by Gasteiger charge is 2.13. The van der Waals surface area contributed by atoms with Crippen LogP contribution in [0.15, 0.2) is 12.3 Å². The molecule has 2 aromatic heterocycles. The third-order valence-electron chi connectivity index (χ3n) is 3.61. The van der Waals surface area contributed by atoms with E-state index < -0.39 is 5.91 Å². The van der Waals surface area contributed by atoms with E-state index in [-0.39, 0.29) is 11.4 Å². The fraction of sp³-hybridized carbons (Fsp3) is 0.400. The Morgan fingerprint density at radius 3 is 2.73 bits per heavy atom. The maximum atomic E-state index is 11.4. The number of nitrogens with two attached hydrogens (primary N) is 1. The number of primary amides is 1. The summed E-state index contributed by atoms with van der Waals surface area (Å²) in [5.74, 6) is -0.344. The number of pyridine rings is 1. The molecule has 7 nitrogen and oxygen atoms in total. The van der Waals surface area contributed by atoms with Crippen molar-refractivity contribution in [2.75, 3.05) is 12.4 Å². The highest BCUT2D eigenvalue weighted by molar-refractivity contribution is 5.95. The van der Waals surface area contributed by atoms with E-state index in [4.69, 9.17) is 10.5 Å². The number of aryl methyl sites for hydroxylation is 2. The van der Waals surface area contributed by atoms with E-state index in [1.54, 1.807) is 12.3 Å². The van der Waals surface area contributed by atoms with Crippen LogP contribution in [-0.2, 0) is 13.1 Å². The topological polar surface area (TPSA) is 95.1 Å². The van der Waals surface area contributed by atoms with E-state index in [0.29, 0.717) is 12.2 Å². The average molecular weight is 303 g/mol. The summed E-state index contributed by atoms with van der Waals surface area (Å²) in [6.45, 7) is 7.52. The van der Waals surface area contributed by atoms with E-state index in [0.717, 1.165) is 23.5 Å². The molecule has 0 atom stereocenters. The summed E-state index contributed by atoms with van der Waals surface area (Å²) in [5, 5.41) is 7.73. The van der Waals surface area contributed by atoms with Gasteiger partial charge in [0.05, 0.1) is 24.7 Å². The molecular formula is C15H21N5O2. The standard InChI is InChI=1S/C15H21N5O2/c1-5-20-10(3)13(9(2)19-20)8-17-11-6-12(14(16)21)15(22-4)18-7-11/h6-7,17H,5,8H2,1-4H3,(H2,16,21). The Kier molecular flexibility index (Phi) is 4.65. The number of amides is 1. The highest BCUT2D eigenvalue weighted by atomic mass is 16.5. The van der Waals surface area contributed by atoms with Crippen LogP contribution < -0.4 is 15.8 Å². The second-order valence-electron chi connectivity index (χ2n) is 4.96. The first-order chi connectivity index (χ1) is 10.5. The molecule has 7 heteroatoms. The monoisotopic (exact) mass is 303 g/mol. The number of ether oxygens (including phenoxy) is 1. The molecule has 0 fully saturated rings. The predicted octanol–water partition coefficient (Wildman–Crippen LogP) is 1.63. The summed E-state index contributed by atoms with van der Waals surface area (Å²) in [4.78, 5) is 15.5. The minimum Gasteiger partial charge on any atom is -0.480 e. The molecule has 0 aliphatic rings. The van der Waals surface area contributed by atoms with Gasteiger partial charge in [-0.05, 0) is 26.8 Å². The summed E-state index contributed by atoms with van der Waals surface area (Å²) < 4.78 is 6.99. The Hall–Kier alpha value is -2.57. The van der Waals surface area contributed by atoms with Crippen LogP contribution in [0.1, 0.15) is 34.2 Å². The van der Waals surface area contributed by atoms with Crippen LogP contribution in [0.5, 0.6) is 5.88 Å². The summed E-state index contributed by atoms with van der Waals surface area (Å²) in [5.41, 5.74) is 9.55. The average Bonchev–Trinajstić information content (AvgIpc) is 2.79. The summed E-state index contributed by atoms with van der Waals surface area (Å²) in [6.07, 6.45) is 1.61. The molecule has 0 saturated heterocycles. The van der Waals surface area contributed by atoms with Gasteiger partial charge in [0.2, 0.25) is 5.88 Å². The lowest BCUT2D eigenvalue weighted by Crippen LogP contribution is -2.14. The van der Waals surface area contributed by atoms with Gasteiger partial charge in [0.15, 0.2) is 0 Å². The SMILES string of the molecule is CCn1nc(C)c(CNc2cnc(OC)c(C(N)=O)c2)c1C. The van der Waals surface area contributed by atoms with Crippen LogP contribution in [0, 0.1) is 13.8 Å². The molecule has 2 rings (SSSR count). The quantitative estimate of drug-likeness (QED) is 0.845. The largest absolute Gasteiger partial charge is 0.480 e. The molecule has 0 aliphatic carbocycles. The molecule has 0 unspecified atom stereocenters. The maximum Gasteiger partial charge on any atom is 0.254 e. The van der Waals surface area contributed by atoms with E-state index in [2.05, 4.69) is 22.3 Å². The van der Waals surface area contributed by atoms with Gasteiger partial charge in [-0.1, -0.05) is 0 Å². The molecule has 118 valence electrons. The fourth-order valence-electron chi connectivity index (χ4n) is 2.38. The number of nitrogens with zero attached hydrogens (tertiary/aromatic N) is 3. The normalized spacial score (nSPS) is 10.5. The maximum absolute atomic E-state index is 11.4. The van der Waals surface area contributed by atoms with Gasteiger partial charge < -0.3 is 15.8 Å². The number of rotatable bonds is 6. The van der Waals surface area contributed by atoms with Gasteiger partial charge in [-0.3, -0.25) is 9.48 Å². The lowest BCUT2D eigenvalue weighted by atomic mass is 10.2.